The number of hydrogen-bond donors (Lipinski definition) is 2. The van der Waals surface area contributed by atoms with Gasteiger partial charge in [0.15, 0.2) is 0 Å². The van der Waals surface area contributed by atoms with Gasteiger partial charge in [-0.05, 0) is 31.6 Å². The fourth-order valence-electron chi connectivity index (χ4n) is 1.99. The summed E-state index contributed by atoms with van der Waals surface area (Å²) < 4.78 is 0. The first kappa shape index (κ1) is 14.7. The Morgan fingerprint density at radius 1 is 1.33 bits per heavy atom. The molecule has 4 nitrogen and oxygen atoms in total. The Bertz CT molecular complexity index is 388. The highest BCUT2D eigenvalue weighted by molar-refractivity contribution is 5.95. The van der Waals surface area contributed by atoms with Gasteiger partial charge in [0, 0.05) is 12.2 Å². The molecule has 0 aliphatic rings. The van der Waals surface area contributed by atoms with Crippen molar-refractivity contribution in [3.8, 4) is 0 Å². The van der Waals surface area contributed by atoms with Gasteiger partial charge in [0.2, 0.25) is 5.91 Å². The van der Waals surface area contributed by atoms with Crippen molar-refractivity contribution in [2.45, 2.75) is 33.4 Å². The number of carbonyl (C=O) groups is 1. The molecule has 4 heteroatoms. The van der Waals surface area contributed by atoms with E-state index in [9.17, 15) is 4.79 Å². The zero-order valence-electron chi connectivity index (χ0n) is 11.4. The maximum Gasteiger partial charge on any atom is 0.241 e. The van der Waals surface area contributed by atoms with Gasteiger partial charge in [-0.3, -0.25) is 9.69 Å². The van der Waals surface area contributed by atoms with Gasteiger partial charge in [-0.2, -0.15) is 0 Å². The van der Waals surface area contributed by atoms with E-state index < -0.39 is 0 Å². The molecule has 0 aliphatic heterocycles. The second-order valence-electron chi connectivity index (χ2n) is 4.25. The lowest BCUT2D eigenvalue weighted by Crippen LogP contribution is -2.41. The molecule has 1 unspecified atom stereocenters. The maximum absolute atomic E-state index is 12.1. The Hall–Kier alpha value is -1.39. The smallest absolute Gasteiger partial charge is 0.241 e. The molecule has 1 atom stereocenters. The van der Waals surface area contributed by atoms with Crippen molar-refractivity contribution in [2.75, 3.05) is 18.4 Å². The molecule has 1 aromatic carbocycles. The van der Waals surface area contributed by atoms with Crippen LogP contribution in [0.5, 0.6) is 0 Å². The number of para-hydroxylation sites is 1. The summed E-state index contributed by atoms with van der Waals surface area (Å²) in [5.41, 5.74) is 7.42. The molecule has 18 heavy (non-hydrogen) atoms. The molecule has 0 bridgehead atoms. The summed E-state index contributed by atoms with van der Waals surface area (Å²) in [5, 5.41) is 2.95. The number of likely N-dealkylation sites (N-methyl/N-ethyl adjacent to an activating group) is 1. The standard InChI is InChI=1S/C14H23N3O/c1-4-17(5-2)11(3)14(18)16-13-9-7-6-8-12(13)10-15/h6-9,11H,4-5,10,15H2,1-3H3,(H,16,18). The van der Waals surface area contributed by atoms with E-state index in [1.54, 1.807) is 0 Å². The Morgan fingerprint density at radius 3 is 2.50 bits per heavy atom. The molecule has 3 N–H and O–H groups in total. The van der Waals surface area contributed by atoms with Crippen LogP contribution in [0.25, 0.3) is 0 Å². The summed E-state index contributed by atoms with van der Waals surface area (Å²) in [6.45, 7) is 8.19. The zero-order chi connectivity index (χ0) is 13.5. The van der Waals surface area contributed by atoms with Crippen molar-refractivity contribution < 1.29 is 4.79 Å². The van der Waals surface area contributed by atoms with E-state index in [1.165, 1.54) is 0 Å². The summed E-state index contributed by atoms with van der Waals surface area (Å²) >= 11 is 0. The summed E-state index contributed by atoms with van der Waals surface area (Å²) in [5.74, 6) is 0.0135. The largest absolute Gasteiger partial charge is 0.326 e. The van der Waals surface area contributed by atoms with E-state index in [4.69, 9.17) is 5.73 Å². The highest BCUT2D eigenvalue weighted by atomic mass is 16.2. The Balaban J connectivity index is 2.75. The molecule has 0 fully saturated rings. The van der Waals surface area contributed by atoms with Crippen molar-refractivity contribution in [3.63, 3.8) is 0 Å². The van der Waals surface area contributed by atoms with Gasteiger partial charge >= 0.3 is 0 Å². The molecule has 0 aromatic heterocycles. The molecule has 0 saturated carbocycles. The average Bonchev–Trinajstić information content (AvgIpc) is 2.40. The maximum atomic E-state index is 12.1. The van der Waals surface area contributed by atoms with E-state index in [2.05, 4.69) is 24.1 Å². The molecule has 0 spiro atoms. The molecule has 1 rings (SSSR count). The number of nitrogens with one attached hydrogen (secondary N) is 1. The van der Waals surface area contributed by atoms with Gasteiger partial charge in [0.1, 0.15) is 0 Å². The van der Waals surface area contributed by atoms with Crippen LogP contribution < -0.4 is 11.1 Å². The first-order valence-corrected chi connectivity index (χ1v) is 6.46. The Kier molecular flexibility index (Phi) is 5.82. The molecule has 0 radical (unpaired) electrons. The molecular formula is C14H23N3O. The number of nitrogens with two attached hydrogens (primary N) is 1. The number of carbonyl (C=O) groups excluding carboxylic acids is 1. The minimum Gasteiger partial charge on any atom is -0.326 e. The van der Waals surface area contributed by atoms with Gasteiger partial charge in [0.05, 0.1) is 6.04 Å². The van der Waals surface area contributed by atoms with E-state index in [0.717, 1.165) is 24.3 Å². The van der Waals surface area contributed by atoms with E-state index >= 15 is 0 Å². The van der Waals surface area contributed by atoms with Crippen LogP contribution in [0.4, 0.5) is 5.69 Å². The summed E-state index contributed by atoms with van der Waals surface area (Å²) in [7, 11) is 0. The summed E-state index contributed by atoms with van der Waals surface area (Å²) in [6.07, 6.45) is 0. The normalized spacial score (nSPS) is 12.5. The SMILES string of the molecule is CCN(CC)C(C)C(=O)Nc1ccccc1CN. The molecule has 0 saturated heterocycles. The third-order valence-corrected chi connectivity index (χ3v) is 3.23. The van der Waals surface area contributed by atoms with Crippen LogP contribution in [0, 0.1) is 0 Å². The third-order valence-electron chi connectivity index (χ3n) is 3.23. The lowest BCUT2D eigenvalue weighted by Gasteiger charge is -2.25. The van der Waals surface area contributed by atoms with Gasteiger partial charge in [-0.1, -0.05) is 32.0 Å². The van der Waals surface area contributed by atoms with Crippen LogP contribution in [0.3, 0.4) is 0 Å². The van der Waals surface area contributed by atoms with Crippen LogP contribution in [0.2, 0.25) is 0 Å². The highest BCUT2D eigenvalue weighted by Gasteiger charge is 2.19. The minimum absolute atomic E-state index is 0.0135. The summed E-state index contributed by atoms with van der Waals surface area (Å²) in [4.78, 5) is 14.3. The van der Waals surface area contributed by atoms with Crippen molar-refractivity contribution in [1.29, 1.82) is 0 Å². The number of anilines is 1. The molecular weight excluding hydrogens is 226 g/mol. The summed E-state index contributed by atoms with van der Waals surface area (Å²) in [6, 6.07) is 7.50. The second-order valence-corrected chi connectivity index (χ2v) is 4.25. The van der Waals surface area contributed by atoms with E-state index in [0.29, 0.717) is 6.54 Å². The van der Waals surface area contributed by atoms with Crippen LogP contribution >= 0.6 is 0 Å². The van der Waals surface area contributed by atoms with Crippen LogP contribution in [0.15, 0.2) is 24.3 Å². The second kappa shape index (κ2) is 7.13. The fraction of sp³-hybridized carbons (Fsp3) is 0.500. The highest BCUT2D eigenvalue weighted by Crippen LogP contribution is 2.15. The monoisotopic (exact) mass is 249 g/mol. The fourth-order valence-corrected chi connectivity index (χ4v) is 1.99. The molecule has 0 heterocycles. The molecule has 0 aliphatic carbocycles. The van der Waals surface area contributed by atoms with Crippen LogP contribution in [-0.4, -0.2) is 29.9 Å². The van der Waals surface area contributed by atoms with Gasteiger partial charge in [-0.25, -0.2) is 0 Å². The number of nitrogens with zero attached hydrogens (tertiary/aromatic N) is 1. The lowest BCUT2D eigenvalue weighted by molar-refractivity contribution is -0.120. The Labute approximate surface area is 109 Å². The van der Waals surface area contributed by atoms with Gasteiger partial charge in [-0.15, -0.1) is 0 Å². The number of amides is 1. The number of hydrogen-bond acceptors (Lipinski definition) is 3. The van der Waals surface area contributed by atoms with Crippen LogP contribution in [-0.2, 0) is 11.3 Å². The van der Waals surface area contributed by atoms with Gasteiger partial charge in [0.25, 0.3) is 0 Å². The predicted octanol–water partition coefficient (Wildman–Crippen LogP) is 1.81. The van der Waals surface area contributed by atoms with Gasteiger partial charge < -0.3 is 11.1 Å². The predicted molar refractivity (Wildman–Crippen MR) is 75.3 cm³/mol. The molecule has 100 valence electrons. The number of rotatable bonds is 6. The van der Waals surface area contributed by atoms with Crippen molar-refractivity contribution >= 4 is 11.6 Å². The third kappa shape index (κ3) is 3.55. The Morgan fingerprint density at radius 2 is 1.94 bits per heavy atom. The van der Waals surface area contributed by atoms with Crippen molar-refractivity contribution in [3.05, 3.63) is 29.8 Å². The van der Waals surface area contributed by atoms with Crippen molar-refractivity contribution in [1.82, 2.24) is 4.90 Å². The first-order chi connectivity index (χ1) is 8.63. The first-order valence-electron chi connectivity index (χ1n) is 6.46. The average molecular weight is 249 g/mol. The number of benzene rings is 1. The quantitative estimate of drug-likeness (QED) is 0.808. The zero-order valence-corrected chi connectivity index (χ0v) is 11.4. The van der Waals surface area contributed by atoms with Crippen LogP contribution in [0.1, 0.15) is 26.3 Å². The molecule has 1 aromatic rings. The molecule has 1 amide bonds. The van der Waals surface area contributed by atoms with E-state index in [1.807, 2.05) is 31.2 Å². The topological polar surface area (TPSA) is 58.4 Å². The van der Waals surface area contributed by atoms with Crippen molar-refractivity contribution in [2.24, 2.45) is 5.73 Å². The minimum atomic E-state index is -0.133. The van der Waals surface area contributed by atoms with E-state index in [-0.39, 0.29) is 11.9 Å². The lowest BCUT2D eigenvalue weighted by atomic mass is 10.1.